The van der Waals surface area contributed by atoms with Crippen molar-refractivity contribution < 1.29 is 22.7 Å². The van der Waals surface area contributed by atoms with E-state index < -0.39 is 24.6 Å². The minimum absolute atomic E-state index is 0.0376. The van der Waals surface area contributed by atoms with E-state index in [1.807, 2.05) is 0 Å². The number of hydrogen-bond acceptors (Lipinski definition) is 3. The lowest BCUT2D eigenvalue weighted by Gasteiger charge is -2.15. The largest absolute Gasteiger partial charge is 0.461 e. The van der Waals surface area contributed by atoms with Crippen LogP contribution in [0.25, 0.3) is 0 Å². The summed E-state index contributed by atoms with van der Waals surface area (Å²) in [6, 6.07) is 7.72. The standard InChI is InChI=1S/C13H16F3NO2/c1-10(9-13(14,15)16)17-7-8-19-12(18)11-5-3-2-4-6-11/h2-6,10,17H,7-9H2,1H3. The Hall–Kier alpha value is -1.56. The van der Waals surface area contributed by atoms with Gasteiger partial charge in [0.25, 0.3) is 0 Å². The summed E-state index contributed by atoms with van der Waals surface area (Å²) in [4.78, 5) is 11.5. The highest BCUT2D eigenvalue weighted by Gasteiger charge is 2.29. The number of halogens is 3. The Balaban J connectivity index is 2.19. The third-order valence-electron chi connectivity index (χ3n) is 2.38. The minimum atomic E-state index is -4.19. The quantitative estimate of drug-likeness (QED) is 0.641. The Morgan fingerprint density at radius 2 is 1.95 bits per heavy atom. The number of ether oxygens (including phenoxy) is 1. The molecule has 3 nitrogen and oxygen atoms in total. The second-order valence-corrected chi connectivity index (χ2v) is 4.18. The van der Waals surface area contributed by atoms with Crippen molar-refractivity contribution in [2.24, 2.45) is 0 Å². The van der Waals surface area contributed by atoms with Crippen LogP contribution in [0, 0.1) is 0 Å². The molecule has 106 valence electrons. The lowest BCUT2D eigenvalue weighted by molar-refractivity contribution is -0.139. The van der Waals surface area contributed by atoms with Gasteiger partial charge in [-0.1, -0.05) is 18.2 Å². The maximum Gasteiger partial charge on any atom is 0.390 e. The van der Waals surface area contributed by atoms with Gasteiger partial charge in [-0.25, -0.2) is 4.79 Å². The van der Waals surface area contributed by atoms with E-state index in [1.165, 1.54) is 6.92 Å². The highest BCUT2D eigenvalue weighted by Crippen LogP contribution is 2.21. The van der Waals surface area contributed by atoms with Gasteiger partial charge in [-0.15, -0.1) is 0 Å². The average Bonchev–Trinajstić information content (AvgIpc) is 2.33. The summed E-state index contributed by atoms with van der Waals surface area (Å²) < 4.78 is 41.0. The van der Waals surface area contributed by atoms with E-state index in [9.17, 15) is 18.0 Å². The van der Waals surface area contributed by atoms with Crippen LogP contribution in [-0.4, -0.2) is 31.3 Å². The molecule has 0 aliphatic heterocycles. The zero-order valence-corrected chi connectivity index (χ0v) is 10.5. The molecule has 0 bridgehead atoms. The van der Waals surface area contributed by atoms with Crippen LogP contribution in [0.2, 0.25) is 0 Å². The molecular weight excluding hydrogens is 259 g/mol. The molecule has 19 heavy (non-hydrogen) atoms. The van der Waals surface area contributed by atoms with Gasteiger partial charge >= 0.3 is 12.1 Å². The van der Waals surface area contributed by atoms with Crippen molar-refractivity contribution in [3.05, 3.63) is 35.9 Å². The van der Waals surface area contributed by atoms with Gasteiger partial charge < -0.3 is 10.1 Å². The number of hydrogen-bond donors (Lipinski definition) is 1. The first-order valence-corrected chi connectivity index (χ1v) is 5.91. The SMILES string of the molecule is CC(CC(F)(F)F)NCCOC(=O)c1ccccc1. The second kappa shape index (κ2) is 7.13. The first-order valence-electron chi connectivity index (χ1n) is 5.91. The maximum absolute atomic E-state index is 12.0. The molecule has 1 rings (SSSR count). The fourth-order valence-corrected chi connectivity index (χ4v) is 1.53. The minimum Gasteiger partial charge on any atom is -0.461 e. The smallest absolute Gasteiger partial charge is 0.390 e. The summed E-state index contributed by atoms with van der Waals surface area (Å²) >= 11 is 0. The van der Waals surface area contributed by atoms with Crippen molar-refractivity contribution in [1.29, 1.82) is 0 Å². The molecule has 1 atom stereocenters. The van der Waals surface area contributed by atoms with E-state index in [0.29, 0.717) is 5.56 Å². The number of esters is 1. The van der Waals surface area contributed by atoms with Gasteiger partial charge in [0.2, 0.25) is 0 Å². The highest BCUT2D eigenvalue weighted by atomic mass is 19.4. The molecule has 1 unspecified atom stereocenters. The first kappa shape index (κ1) is 15.5. The normalized spacial score (nSPS) is 13.1. The van der Waals surface area contributed by atoms with Crippen LogP contribution in [0.5, 0.6) is 0 Å². The van der Waals surface area contributed by atoms with E-state index in [-0.39, 0.29) is 13.2 Å². The van der Waals surface area contributed by atoms with Gasteiger partial charge in [-0.05, 0) is 19.1 Å². The number of nitrogens with one attached hydrogen (secondary N) is 1. The molecule has 1 N–H and O–H groups in total. The van der Waals surface area contributed by atoms with E-state index >= 15 is 0 Å². The molecular formula is C13H16F3NO2. The zero-order chi connectivity index (χ0) is 14.3. The van der Waals surface area contributed by atoms with Crippen LogP contribution in [0.3, 0.4) is 0 Å². The molecule has 0 fully saturated rings. The van der Waals surface area contributed by atoms with Crippen molar-refractivity contribution in [3.63, 3.8) is 0 Å². The lowest BCUT2D eigenvalue weighted by Crippen LogP contribution is -2.33. The molecule has 6 heteroatoms. The molecule has 0 aromatic heterocycles. The van der Waals surface area contributed by atoms with Crippen molar-refractivity contribution in [2.75, 3.05) is 13.2 Å². The molecule has 0 saturated carbocycles. The molecule has 0 aliphatic carbocycles. The van der Waals surface area contributed by atoms with Gasteiger partial charge in [0, 0.05) is 12.6 Å². The van der Waals surface area contributed by atoms with Gasteiger partial charge in [0.1, 0.15) is 6.61 Å². The van der Waals surface area contributed by atoms with Crippen LogP contribution in [0.1, 0.15) is 23.7 Å². The van der Waals surface area contributed by atoms with Gasteiger partial charge in [-0.2, -0.15) is 13.2 Å². The first-order chi connectivity index (χ1) is 8.88. The van der Waals surface area contributed by atoms with Crippen LogP contribution in [-0.2, 0) is 4.74 Å². The molecule has 0 aliphatic rings. The molecule has 0 heterocycles. The fourth-order valence-electron chi connectivity index (χ4n) is 1.53. The number of alkyl halides is 3. The third kappa shape index (κ3) is 6.81. The lowest BCUT2D eigenvalue weighted by atomic mass is 10.2. The summed E-state index contributed by atoms with van der Waals surface area (Å²) in [6.45, 7) is 1.66. The van der Waals surface area contributed by atoms with Crippen molar-refractivity contribution in [3.8, 4) is 0 Å². The Kier molecular flexibility index (Phi) is 5.82. The van der Waals surface area contributed by atoms with Crippen LogP contribution < -0.4 is 5.32 Å². The second-order valence-electron chi connectivity index (χ2n) is 4.18. The Morgan fingerprint density at radius 3 is 2.53 bits per heavy atom. The van der Waals surface area contributed by atoms with Crippen LogP contribution in [0.15, 0.2) is 30.3 Å². The van der Waals surface area contributed by atoms with E-state index in [0.717, 1.165) is 0 Å². The predicted molar refractivity (Wildman–Crippen MR) is 64.9 cm³/mol. The third-order valence-corrected chi connectivity index (χ3v) is 2.38. The van der Waals surface area contributed by atoms with E-state index in [2.05, 4.69) is 5.32 Å². The van der Waals surface area contributed by atoms with Crippen molar-refractivity contribution in [1.82, 2.24) is 5.32 Å². The van der Waals surface area contributed by atoms with Gasteiger partial charge in [-0.3, -0.25) is 0 Å². The number of carbonyl (C=O) groups is 1. The Morgan fingerprint density at radius 1 is 1.32 bits per heavy atom. The van der Waals surface area contributed by atoms with Crippen molar-refractivity contribution >= 4 is 5.97 Å². The number of rotatable bonds is 6. The van der Waals surface area contributed by atoms with Gasteiger partial charge in [0.15, 0.2) is 0 Å². The molecule has 1 aromatic carbocycles. The number of benzene rings is 1. The van der Waals surface area contributed by atoms with Crippen LogP contribution >= 0.6 is 0 Å². The predicted octanol–water partition coefficient (Wildman–Crippen LogP) is 2.77. The van der Waals surface area contributed by atoms with Crippen LogP contribution in [0.4, 0.5) is 13.2 Å². The summed E-state index contributed by atoms with van der Waals surface area (Å²) in [5.74, 6) is -0.481. The highest BCUT2D eigenvalue weighted by molar-refractivity contribution is 5.89. The van der Waals surface area contributed by atoms with Gasteiger partial charge in [0.05, 0.1) is 12.0 Å². The monoisotopic (exact) mass is 275 g/mol. The zero-order valence-electron chi connectivity index (χ0n) is 10.5. The molecule has 0 amide bonds. The summed E-state index contributed by atoms with van der Waals surface area (Å²) in [7, 11) is 0. The molecule has 0 spiro atoms. The summed E-state index contributed by atoms with van der Waals surface area (Å²) in [5, 5.41) is 2.65. The fraction of sp³-hybridized carbons (Fsp3) is 0.462. The van der Waals surface area contributed by atoms with Crippen molar-refractivity contribution in [2.45, 2.75) is 25.6 Å². The van der Waals surface area contributed by atoms with E-state index in [4.69, 9.17) is 4.74 Å². The summed E-state index contributed by atoms with van der Waals surface area (Å²) in [6.07, 6.45) is -5.09. The topological polar surface area (TPSA) is 38.3 Å². The number of carbonyl (C=O) groups excluding carboxylic acids is 1. The molecule has 0 radical (unpaired) electrons. The summed E-state index contributed by atoms with van der Waals surface area (Å²) in [5.41, 5.74) is 0.422. The Bertz CT molecular complexity index is 393. The Labute approximate surface area is 109 Å². The van der Waals surface area contributed by atoms with E-state index in [1.54, 1.807) is 30.3 Å². The average molecular weight is 275 g/mol. The maximum atomic E-state index is 12.0. The molecule has 0 saturated heterocycles. The molecule has 1 aromatic rings.